The number of benzene rings is 1. The highest BCUT2D eigenvalue weighted by Crippen LogP contribution is 2.65. The van der Waals surface area contributed by atoms with Crippen molar-refractivity contribution in [3.8, 4) is 0 Å². The molecule has 1 amide bonds. The molecule has 0 aliphatic heterocycles. The van der Waals surface area contributed by atoms with Crippen molar-refractivity contribution in [2.75, 3.05) is 21.1 Å². The molecule has 0 unspecified atom stereocenters. The fraction of sp³-hybridized carbons (Fsp3) is 0.667. The molecule has 6 atom stereocenters. The molecular formula is C30H44N3O2+. The molecule has 1 aromatic rings. The van der Waals surface area contributed by atoms with E-state index >= 15 is 0 Å². The monoisotopic (exact) mass is 478 g/mol. The first kappa shape index (κ1) is 24.7. The summed E-state index contributed by atoms with van der Waals surface area (Å²) in [7, 11) is 6.49. The largest absolute Gasteiger partial charge is 0.393 e. The summed E-state index contributed by atoms with van der Waals surface area (Å²) >= 11 is 0. The van der Waals surface area contributed by atoms with Crippen LogP contribution in [0, 0.1) is 28.6 Å². The number of amides is 1. The Balaban J connectivity index is 1.26. The van der Waals surface area contributed by atoms with Gasteiger partial charge in [-0.15, -0.1) is 0 Å². The second-order valence-corrected chi connectivity index (χ2v) is 13.3. The maximum atomic E-state index is 12.7. The van der Waals surface area contributed by atoms with Crippen molar-refractivity contribution in [3.63, 3.8) is 0 Å². The van der Waals surface area contributed by atoms with Crippen molar-refractivity contribution in [3.05, 3.63) is 47.0 Å². The van der Waals surface area contributed by atoms with E-state index in [4.69, 9.17) is 0 Å². The van der Waals surface area contributed by atoms with Gasteiger partial charge in [0.25, 0.3) is 5.91 Å². The van der Waals surface area contributed by atoms with Crippen LogP contribution in [0.4, 0.5) is 0 Å². The Bertz CT molecular complexity index is 1040. The molecule has 0 bridgehead atoms. The molecule has 4 aliphatic carbocycles. The first-order chi connectivity index (χ1) is 16.5. The standard InChI is InChI=1S/C30H43N3O2/c1-29-16-14-23(31-32-28(35)21-8-6-20(7-9-21)19-33(3,4)5)18-22(29)10-11-24-25-12-13-27(34)30(25,2)17-15-26(24)29/h6-9,18,24-27,34H,10-17,19H2,1-5H3/p+1/t24-,25-,26-,27-,29-,30-/m0/s1. The predicted octanol–water partition coefficient (Wildman–Crippen LogP) is 5.30. The number of hydrogen-bond donors (Lipinski definition) is 2. The molecule has 3 fully saturated rings. The van der Waals surface area contributed by atoms with Crippen molar-refractivity contribution in [1.29, 1.82) is 0 Å². The van der Waals surface area contributed by atoms with Crippen molar-refractivity contribution < 1.29 is 14.4 Å². The molecule has 1 aromatic carbocycles. The third-order valence-corrected chi connectivity index (χ3v) is 10.1. The van der Waals surface area contributed by atoms with Crippen molar-refractivity contribution in [2.24, 2.45) is 33.7 Å². The Morgan fingerprint density at radius 1 is 1.03 bits per heavy atom. The molecule has 0 heterocycles. The number of fused-ring (bicyclic) bond motifs is 5. The summed E-state index contributed by atoms with van der Waals surface area (Å²) in [4.78, 5) is 12.7. The average molecular weight is 479 g/mol. The number of hydrogen-bond acceptors (Lipinski definition) is 3. The number of quaternary nitrogens is 1. The molecule has 190 valence electrons. The zero-order valence-electron chi connectivity index (χ0n) is 22.3. The van der Waals surface area contributed by atoms with Gasteiger partial charge in [0.05, 0.1) is 33.0 Å². The molecule has 2 N–H and O–H groups in total. The maximum Gasteiger partial charge on any atom is 0.271 e. The Morgan fingerprint density at radius 2 is 1.77 bits per heavy atom. The van der Waals surface area contributed by atoms with Crippen LogP contribution in [0.1, 0.15) is 81.1 Å². The minimum atomic E-state index is -0.143. The molecule has 5 rings (SSSR count). The van der Waals surface area contributed by atoms with Crippen LogP contribution in [-0.4, -0.2) is 48.5 Å². The average Bonchev–Trinajstić information content (AvgIpc) is 3.11. The number of carbonyl (C=O) groups excluding carboxylic acids is 1. The predicted molar refractivity (Wildman–Crippen MR) is 141 cm³/mol. The molecule has 0 spiro atoms. The Kier molecular flexibility index (Phi) is 6.24. The van der Waals surface area contributed by atoms with Crippen molar-refractivity contribution in [2.45, 2.75) is 77.9 Å². The minimum Gasteiger partial charge on any atom is -0.393 e. The van der Waals surface area contributed by atoms with Gasteiger partial charge in [-0.2, -0.15) is 5.10 Å². The molecule has 0 aromatic heterocycles. The maximum absolute atomic E-state index is 12.7. The van der Waals surface area contributed by atoms with E-state index in [0.717, 1.165) is 54.8 Å². The summed E-state index contributed by atoms with van der Waals surface area (Å²) in [6.07, 6.45) is 11.1. The smallest absolute Gasteiger partial charge is 0.271 e. The molecule has 35 heavy (non-hydrogen) atoms. The van der Waals surface area contributed by atoms with E-state index < -0.39 is 0 Å². The van der Waals surface area contributed by atoms with Gasteiger partial charge in [-0.1, -0.05) is 31.6 Å². The molecule has 5 nitrogen and oxygen atoms in total. The lowest BCUT2D eigenvalue weighted by Gasteiger charge is -2.57. The van der Waals surface area contributed by atoms with Crippen LogP contribution in [-0.2, 0) is 6.54 Å². The Morgan fingerprint density at radius 3 is 2.49 bits per heavy atom. The van der Waals surface area contributed by atoms with Gasteiger partial charge in [-0.25, -0.2) is 5.43 Å². The van der Waals surface area contributed by atoms with Gasteiger partial charge < -0.3 is 9.59 Å². The molecule has 0 radical (unpaired) electrons. The number of aliphatic hydroxyl groups is 1. The molecule has 3 saturated carbocycles. The second kappa shape index (κ2) is 8.85. The highest BCUT2D eigenvalue weighted by atomic mass is 16.3. The van der Waals surface area contributed by atoms with E-state index in [0.29, 0.717) is 17.4 Å². The van der Waals surface area contributed by atoms with E-state index in [9.17, 15) is 9.90 Å². The van der Waals surface area contributed by atoms with E-state index in [1.165, 1.54) is 30.4 Å². The van der Waals surface area contributed by atoms with Gasteiger partial charge in [0.15, 0.2) is 0 Å². The molecule has 5 heteroatoms. The van der Waals surface area contributed by atoms with Crippen LogP contribution in [0.5, 0.6) is 0 Å². The summed E-state index contributed by atoms with van der Waals surface area (Å²) in [5, 5.41) is 15.2. The minimum absolute atomic E-state index is 0.110. The summed E-state index contributed by atoms with van der Waals surface area (Å²) in [5.41, 5.74) is 7.59. The SMILES string of the molecule is C[C@]12CC[C@H]3[C@@H](CCC4=CC(=NNC(=O)c5ccc(C[N+](C)(C)C)cc5)CC[C@@]43C)[C@@H]1CC[C@@H]2O. The van der Waals surface area contributed by atoms with Gasteiger partial charge in [0, 0.05) is 11.1 Å². The highest BCUT2D eigenvalue weighted by molar-refractivity contribution is 5.99. The van der Waals surface area contributed by atoms with E-state index in [1.54, 1.807) is 0 Å². The van der Waals surface area contributed by atoms with Crippen molar-refractivity contribution >= 4 is 11.6 Å². The lowest BCUT2D eigenvalue weighted by atomic mass is 9.47. The van der Waals surface area contributed by atoms with Gasteiger partial charge in [0.2, 0.25) is 0 Å². The number of allylic oxidation sites excluding steroid dienone is 2. The number of nitrogens with one attached hydrogen (secondary N) is 1. The zero-order valence-corrected chi connectivity index (χ0v) is 22.3. The lowest BCUT2D eigenvalue weighted by molar-refractivity contribution is -0.884. The first-order valence-electron chi connectivity index (χ1n) is 13.6. The fourth-order valence-electron chi connectivity index (χ4n) is 8.13. The van der Waals surface area contributed by atoms with Gasteiger partial charge in [0.1, 0.15) is 6.54 Å². The van der Waals surface area contributed by atoms with E-state index in [-0.39, 0.29) is 22.8 Å². The summed E-state index contributed by atoms with van der Waals surface area (Å²) in [5.74, 6) is 1.99. The molecule has 0 saturated heterocycles. The Labute approximate surface area is 211 Å². The van der Waals surface area contributed by atoms with E-state index in [2.05, 4.69) is 51.6 Å². The van der Waals surface area contributed by atoms with E-state index in [1.807, 2.05) is 24.3 Å². The summed E-state index contributed by atoms with van der Waals surface area (Å²) in [6.45, 7) is 5.76. The normalized spacial score (nSPS) is 37.8. The number of hydrazone groups is 1. The fourth-order valence-corrected chi connectivity index (χ4v) is 8.13. The van der Waals surface area contributed by atoms with Crippen LogP contribution >= 0.6 is 0 Å². The van der Waals surface area contributed by atoms with Gasteiger partial charge in [-0.3, -0.25) is 4.79 Å². The number of aliphatic hydroxyl groups excluding tert-OH is 1. The van der Waals surface area contributed by atoms with Crippen LogP contribution < -0.4 is 5.43 Å². The third kappa shape index (κ3) is 4.51. The summed E-state index contributed by atoms with van der Waals surface area (Å²) < 4.78 is 0.857. The van der Waals surface area contributed by atoms with Crippen LogP contribution in [0.2, 0.25) is 0 Å². The number of rotatable bonds is 4. The Hall–Kier alpha value is -1.98. The first-order valence-corrected chi connectivity index (χ1v) is 13.6. The van der Waals surface area contributed by atoms with Gasteiger partial charge >= 0.3 is 0 Å². The highest BCUT2D eigenvalue weighted by Gasteiger charge is 2.58. The van der Waals surface area contributed by atoms with Crippen molar-refractivity contribution in [1.82, 2.24) is 5.43 Å². The number of carbonyl (C=O) groups is 1. The third-order valence-electron chi connectivity index (χ3n) is 10.1. The van der Waals surface area contributed by atoms with Crippen LogP contribution in [0.25, 0.3) is 0 Å². The summed E-state index contributed by atoms with van der Waals surface area (Å²) in [6, 6.07) is 7.87. The topological polar surface area (TPSA) is 61.7 Å². The second-order valence-electron chi connectivity index (χ2n) is 13.3. The molecular weight excluding hydrogens is 434 g/mol. The number of nitrogens with zero attached hydrogens (tertiary/aromatic N) is 2. The quantitative estimate of drug-likeness (QED) is 0.456. The zero-order chi connectivity index (χ0) is 25.0. The van der Waals surface area contributed by atoms with Gasteiger partial charge in [-0.05, 0) is 98.2 Å². The lowest BCUT2D eigenvalue weighted by Crippen LogP contribution is -2.51. The molecule has 4 aliphatic rings. The van der Waals surface area contributed by atoms with Crippen LogP contribution in [0.15, 0.2) is 41.0 Å². The van der Waals surface area contributed by atoms with Crippen LogP contribution in [0.3, 0.4) is 0 Å².